The van der Waals surface area contributed by atoms with Crippen molar-refractivity contribution in [3.05, 3.63) is 112 Å². The molecule has 0 aliphatic carbocycles. The number of fused-ring (bicyclic) bond motifs is 2. The number of rotatable bonds is 4. The van der Waals surface area contributed by atoms with Gasteiger partial charge in [0.15, 0.2) is 5.65 Å². The van der Waals surface area contributed by atoms with Gasteiger partial charge in [0.1, 0.15) is 23.7 Å². The number of halogens is 1. The second kappa shape index (κ2) is 8.67. The largest absolute Gasteiger partial charge is 0.383 e. The zero-order chi connectivity index (χ0) is 25.7. The van der Waals surface area contributed by atoms with Crippen LogP contribution in [0.4, 0.5) is 10.2 Å². The predicted molar refractivity (Wildman–Crippen MR) is 143 cm³/mol. The number of hydrogen-bond acceptors (Lipinski definition) is 5. The van der Waals surface area contributed by atoms with Crippen molar-refractivity contribution in [2.24, 2.45) is 0 Å². The number of aromatic nitrogens is 5. The van der Waals surface area contributed by atoms with Crippen molar-refractivity contribution >= 4 is 27.6 Å². The van der Waals surface area contributed by atoms with Crippen LogP contribution in [0.1, 0.15) is 16.8 Å². The van der Waals surface area contributed by atoms with E-state index >= 15 is 0 Å². The molecule has 182 valence electrons. The molecular weight excluding hydrogens is 467 g/mol. The van der Waals surface area contributed by atoms with Crippen LogP contribution in [0.2, 0.25) is 0 Å². The molecule has 0 bridgehead atoms. The van der Waals surface area contributed by atoms with Crippen LogP contribution in [0.3, 0.4) is 0 Å². The van der Waals surface area contributed by atoms with Gasteiger partial charge in [-0.25, -0.2) is 19.0 Å². The highest BCUT2D eigenvalue weighted by molar-refractivity contribution is 5.98. The molecule has 2 N–H and O–H groups in total. The molecular formula is C29H23FN6O. The van der Waals surface area contributed by atoms with E-state index in [4.69, 9.17) is 10.8 Å². The third-order valence-electron chi connectivity index (χ3n) is 6.53. The molecule has 0 aliphatic rings. The van der Waals surface area contributed by atoms with E-state index in [1.807, 2.05) is 74.5 Å². The molecule has 3 aromatic heterocycles. The first-order valence-electron chi connectivity index (χ1n) is 11.8. The van der Waals surface area contributed by atoms with E-state index in [-0.39, 0.29) is 23.7 Å². The first-order valence-corrected chi connectivity index (χ1v) is 11.8. The highest BCUT2D eigenvalue weighted by atomic mass is 19.1. The zero-order valence-corrected chi connectivity index (χ0v) is 20.3. The molecule has 0 aliphatic heterocycles. The first kappa shape index (κ1) is 22.6. The average Bonchev–Trinajstić information content (AvgIpc) is 3.24. The monoisotopic (exact) mass is 490 g/mol. The molecule has 0 radical (unpaired) electrons. The van der Waals surface area contributed by atoms with E-state index in [1.165, 1.54) is 18.5 Å². The molecule has 3 heterocycles. The van der Waals surface area contributed by atoms with Gasteiger partial charge in [0.25, 0.3) is 5.56 Å². The summed E-state index contributed by atoms with van der Waals surface area (Å²) < 4.78 is 17.7. The number of aryl methyl sites for hydroxylation is 2. The summed E-state index contributed by atoms with van der Waals surface area (Å²) in [6.45, 7) is 3.99. The predicted octanol–water partition coefficient (Wildman–Crippen LogP) is 5.18. The van der Waals surface area contributed by atoms with Crippen molar-refractivity contribution in [2.75, 3.05) is 5.73 Å². The first-order chi connectivity index (χ1) is 17.9. The van der Waals surface area contributed by atoms with Gasteiger partial charge in [-0.3, -0.25) is 9.36 Å². The molecule has 0 spiro atoms. The molecule has 3 aromatic carbocycles. The molecule has 8 heteroatoms. The van der Waals surface area contributed by atoms with Gasteiger partial charge >= 0.3 is 0 Å². The minimum atomic E-state index is -0.365. The number of para-hydroxylation sites is 1. The zero-order valence-electron chi connectivity index (χ0n) is 20.3. The Morgan fingerprint density at radius 1 is 0.919 bits per heavy atom. The molecule has 6 aromatic rings. The number of nitrogens with zero attached hydrogens (tertiary/aromatic N) is 5. The normalized spacial score (nSPS) is 11.4. The van der Waals surface area contributed by atoms with Gasteiger partial charge in [-0.05, 0) is 66.8 Å². The number of benzene rings is 3. The van der Waals surface area contributed by atoms with Crippen LogP contribution in [-0.4, -0.2) is 24.3 Å². The lowest BCUT2D eigenvalue weighted by Crippen LogP contribution is -2.24. The lowest BCUT2D eigenvalue weighted by atomic mass is 10.1. The van der Waals surface area contributed by atoms with E-state index < -0.39 is 0 Å². The SMILES string of the molecule is Cc1cc(F)cc(-c2nn(Cc3cc4cccc(C)c4c(=O)n3-c3ccccc3)c3ncnc(N)c23)c1. The smallest absolute Gasteiger partial charge is 0.263 e. The van der Waals surface area contributed by atoms with Gasteiger partial charge in [-0.1, -0.05) is 36.4 Å². The van der Waals surface area contributed by atoms with Gasteiger partial charge in [-0.2, -0.15) is 5.10 Å². The van der Waals surface area contributed by atoms with Crippen molar-refractivity contribution in [1.82, 2.24) is 24.3 Å². The van der Waals surface area contributed by atoms with Crippen molar-refractivity contribution in [1.29, 1.82) is 0 Å². The molecule has 0 fully saturated rings. The maximum absolute atomic E-state index is 14.3. The Labute approximate surface area is 211 Å². The number of nitrogens with two attached hydrogens (primary N) is 1. The van der Waals surface area contributed by atoms with Crippen molar-refractivity contribution in [3.8, 4) is 16.9 Å². The Bertz CT molecular complexity index is 1850. The maximum atomic E-state index is 14.3. The Kier molecular flexibility index (Phi) is 5.30. The third-order valence-corrected chi connectivity index (χ3v) is 6.53. The average molecular weight is 491 g/mol. The molecule has 7 nitrogen and oxygen atoms in total. The third kappa shape index (κ3) is 3.83. The topological polar surface area (TPSA) is 91.6 Å². The molecule has 37 heavy (non-hydrogen) atoms. The molecule has 0 atom stereocenters. The van der Waals surface area contributed by atoms with Crippen LogP contribution in [0.15, 0.2) is 83.9 Å². The Morgan fingerprint density at radius 2 is 1.73 bits per heavy atom. The van der Waals surface area contributed by atoms with Crippen molar-refractivity contribution in [2.45, 2.75) is 20.4 Å². The van der Waals surface area contributed by atoms with E-state index in [0.29, 0.717) is 27.7 Å². The summed E-state index contributed by atoms with van der Waals surface area (Å²) in [6.07, 6.45) is 1.38. The lowest BCUT2D eigenvalue weighted by molar-refractivity contribution is 0.626. The van der Waals surface area contributed by atoms with Crippen LogP contribution >= 0.6 is 0 Å². The summed E-state index contributed by atoms with van der Waals surface area (Å²) in [5, 5.41) is 6.87. The minimum absolute atomic E-state index is 0.108. The summed E-state index contributed by atoms with van der Waals surface area (Å²) in [5.74, 6) is -0.112. The van der Waals surface area contributed by atoms with Gasteiger partial charge in [0, 0.05) is 16.9 Å². The van der Waals surface area contributed by atoms with Crippen LogP contribution in [0.25, 0.3) is 38.8 Å². The molecule has 0 saturated carbocycles. The minimum Gasteiger partial charge on any atom is -0.383 e. The summed E-state index contributed by atoms with van der Waals surface area (Å²) in [7, 11) is 0. The lowest BCUT2D eigenvalue weighted by Gasteiger charge is -2.16. The Balaban J connectivity index is 1.61. The summed E-state index contributed by atoms with van der Waals surface area (Å²) in [5.41, 5.74) is 10.9. The van der Waals surface area contributed by atoms with Gasteiger partial charge in [0.2, 0.25) is 0 Å². The molecule has 0 unspecified atom stereocenters. The summed E-state index contributed by atoms with van der Waals surface area (Å²) >= 11 is 0. The van der Waals surface area contributed by atoms with Crippen LogP contribution in [0, 0.1) is 19.7 Å². The Morgan fingerprint density at radius 3 is 2.51 bits per heavy atom. The van der Waals surface area contributed by atoms with E-state index in [2.05, 4.69) is 9.97 Å². The van der Waals surface area contributed by atoms with E-state index in [1.54, 1.807) is 9.25 Å². The van der Waals surface area contributed by atoms with Crippen molar-refractivity contribution in [3.63, 3.8) is 0 Å². The number of hydrogen-bond donors (Lipinski definition) is 1. The van der Waals surface area contributed by atoms with Gasteiger partial charge in [0.05, 0.1) is 17.3 Å². The second-order valence-electron chi connectivity index (χ2n) is 9.13. The van der Waals surface area contributed by atoms with Gasteiger partial charge in [-0.15, -0.1) is 0 Å². The maximum Gasteiger partial charge on any atom is 0.263 e. The highest BCUT2D eigenvalue weighted by Crippen LogP contribution is 2.32. The quantitative estimate of drug-likeness (QED) is 0.368. The molecule has 6 rings (SSSR count). The Hall–Kier alpha value is -4.85. The highest BCUT2D eigenvalue weighted by Gasteiger charge is 2.20. The fraction of sp³-hybridized carbons (Fsp3) is 0.103. The standard InChI is InChI=1S/C29H23FN6O/c1-17-11-20(13-21(30)12-17)26-25-27(31)32-16-33-28(25)35(34-26)15-23-14-19-8-6-7-18(2)24(19)29(37)36(23)22-9-4-3-5-10-22/h3-14,16H,15H2,1-2H3,(H2,31,32,33). The fourth-order valence-corrected chi connectivity index (χ4v) is 4.93. The molecule has 0 saturated heterocycles. The van der Waals surface area contributed by atoms with Crippen LogP contribution in [-0.2, 0) is 6.54 Å². The number of pyridine rings is 1. The van der Waals surface area contributed by atoms with Crippen LogP contribution in [0.5, 0.6) is 0 Å². The molecule has 0 amide bonds. The fourth-order valence-electron chi connectivity index (χ4n) is 4.93. The van der Waals surface area contributed by atoms with Crippen molar-refractivity contribution < 1.29 is 4.39 Å². The van der Waals surface area contributed by atoms with E-state index in [9.17, 15) is 9.18 Å². The summed E-state index contributed by atoms with van der Waals surface area (Å²) in [4.78, 5) is 22.4. The van der Waals surface area contributed by atoms with Gasteiger partial charge < -0.3 is 5.73 Å². The number of anilines is 1. The summed E-state index contributed by atoms with van der Waals surface area (Å²) in [6, 6.07) is 22.0. The van der Waals surface area contributed by atoms with Crippen LogP contribution < -0.4 is 11.3 Å². The van der Waals surface area contributed by atoms with E-state index in [0.717, 1.165) is 27.9 Å². The second-order valence-corrected chi connectivity index (χ2v) is 9.13. The number of nitrogen functional groups attached to an aromatic ring is 1.